The fourth-order valence-electron chi connectivity index (χ4n) is 2.15. The van der Waals surface area contributed by atoms with Crippen LogP contribution in [0.2, 0.25) is 10.0 Å². The number of nitrogens with two attached hydrogens (primary N) is 1. The molecule has 0 radical (unpaired) electrons. The van der Waals surface area contributed by atoms with Gasteiger partial charge in [0.2, 0.25) is 0 Å². The van der Waals surface area contributed by atoms with Gasteiger partial charge in [-0.15, -0.1) is 0 Å². The SMILES string of the molecule is Cc1ccccc1[C@@H](C)NC(=O)c1cc(Cl)c(N)c(Cl)c1. The summed E-state index contributed by atoms with van der Waals surface area (Å²) in [7, 11) is 0. The van der Waals surface area contributed by atoms with Crippen molar-refractivity contribution < 1.29 is 4.79 Å². The van der Waals surface area contributed by atoms with E-state index in [2.05, 4.69) is 5.32 Å². The highest BCUT2D eigenvalue weighted by molar-refractivity contribution is 6.39. The van der Waals surface area contributed by atoms with Crippen molar-refractivity contribution in [3.8, 4) is 0 Å². The van der Waals surface area contributed by atoms with E-state index in [-0.39, 0.29) is 27.7 Å². The van der Waals surface area contributed by atoms with Gasteiger partial charge in [-0.25, -0.2) is 0 Å². The number of anilines is 1. The highest BCUT2D eigenvalue weighted by atomic mass is 35.5. The number of carbonyl (C=O) groups excluding carboxylic acids is 1. The standard InChI is InChI=1S/C16H16Cl2N2O/c1-9-5-3-4-6-12(9)10(2)20-16(21)11-7-13(17)15(19)14(18)8-11/h3-8,10H,19H2,1-2H3,(H,20,21)/t10-/m1/s1. The molecule has 0 aliphatic carbocycles. The van der Waals surface area contributed by atoms with Gasteiger partial charge in [0.25, 0.3) is 5.91 Å². The van der Waals surface area contributed by atoms with E-state index in [0.717, 1.165) is 11.1 Å². The molecule has 0 saturated carbocycles. The van der Waals surface area contributed by atoms with Gasteiger partial charge in [0.05, 0.1) is 21.8 Å². The molecule has 3 nitrogen and oxygen atoms in total. The molecule has 2 aromatic rings. The summed E-state index contributed by atoms with van der Waals surface area (Å²) in [6.07, 6.45) is 0. The number of rotatable bonds is 3. The maximum atomic E-state index is 12.3. The molecule has 1 atom stereocenters. The zero-order valence-electron chi connectivity index (χ0n) is 11.8. The van der Waals surface area contributed by atoms with Gasteiger partial charge in [-0.05, 0) is 37.1 Å². The van der Waals surface area contributed by atoms with Crippen molar-refractivity contribution in [1.29, 1.82) is 0 Å². The summed E-state index contributed by atoms with van der Waals surface area (Å²) in [6, 6.07) is 10.8. The first-order valence-corrected chi connectivity index (χ1v) is 7.26. The number of nitrogens with one attached hydrogen (secondary N) is 1. The van der Waals surface area contributed by atoms with Crippen LogP contribution in [0, 0.1) is 6.92 Å². The van der Waals surface area contributed by atoms with Crippen molar-refractivity contribution in [3.63, 3.8) is 0 Å². The Bertz CT molecular complexity index is 663. The van der Waals surface area contributed by atoms with E-state index in [9.17, 15) is 4.79 Å². The number of benzene rings is 2. The van der Waals surface area contributed by atoms with Gasteiger partial charge < -0.3 is 11.1 Å². The minimum absolute atomic E-state index is 0.117. The van der Waals surface area contributed by atoms with Crippen LogP contribution in [0.1, 0.15) is 34.5 Å². The smallest absolute Gasteiger partial charge is 0.251 e. The predicted octanol–water partition coefficient (Wildman–Crippen LogP) is 4.38. The zero-order valence-corrected chi connectivity index (χ0v) is 13.3. The monoisotopic (exact) mass is 322 g/mol. The van der Waals surface area contributed by atoms with Crippen molar-refractivity contribution in [2.45, 2.75) is 19.9 Å². The molecule has 2 aromatic carbocycles. The zero-order chi connectivity index (χ0) is 15.6. The van der Waals surface area contributed by atoms with E-state index in [1.807, 2.05) is 38.1 Å². The Morgan fingerprint density at radius 1 is 1.19 bits per heavy atom. The van der Waals surface area contributed by atoms with Gasteiger partial charge in [0.1, 0.15) is 0 Å². The first-order chi connectivity index (χ1) is 9.90. The molecule has 5 heteroatoms. The Balaban J connectivity index is 2.20. The molecule has 0 fully saturated rings. The molecule has 3 N–H and O–H groups in total. The Morgan fingerprint density at radius 2 is 1.76 bits per heavy atom. The Kier molecular flexibility index (Phi) is 4.76. The van der Waals surface area contributed by atoms with Gasteiger partial charge in [-0.2, -0.15) is 0 Å². The number of amides is 1. The summed E-state index contributed by atoms with van der Waals surface area (Å²) in [4.78, 5) is 12.3. The molecule has 0 aliphatic heterocycles. The summed E-state index contributed by atoms with van der Waals surface area (Å²) in [5.74, 6) is -0.241. The number of halogens is 2. The summed E-state index contributed by atoms with van der Waals surface area (Å²) >= 11 is 11.9. The van der Waals surface area contributed by atoms with Crippen LogP contribution < -0.4 is 11.1 Å². The van der Waals surface area contributed by atoms with E-state index in [1.54, 1.807) is 0 Å². The first-order valence-electron chi connectivity index (χ1n) is 6.51. The lowest BCUT2D eigenvalue weighted by atomic mass is 10.0. The molecule has 1 amide bonds. The molecular formula is C16H16Cl2N2O. The van der Waals surface area contributed by atoms with E-state index >= 15 is 0 Å². The fourth-order valence-corrected chi connectivity index (χ4v) is 2.63. The van der Waals surface area contributed by atoms with E-state index in [4.69, 9.17) is 28.9 Å². The summed E-state index contributed by atoms with van der Waals surface area (Å²) in [5.41, 5.74) is 8.53. The van der Waals surface area contributed by atoms with Crippen molar-refractivity contribution >= 4 is 34.8 Å². The fraction of sp³-hybridized carbons (Fsp3) is 0.188. The number of hydrogen-bond acceptors (Lipinski definition) is 2. The highest BCUT2D eigenvalue weighted by Gasteiger charge is 2.15. The molecule has 0 heterocycles. The Hall–Kier alpha value is -1.71. The quantitative estimate of drug-likeness (QED) is 0.824. The van der Waals surface area contributed by atoms with Gasteiger partial charge in [-0.3, -0.25) is 4.79 Å². The van der Waals surface area contributed by atoms with Crippen LogP contribution in [0.25, 0.3) is 0 Å². The Morgan fingerprint density at radius 3 is 2.33 bits per heavy atom. The van der Waals surface area contributed by atoms with Crippen molar-refractivity contribution in [1.82, 2.24) is 5.32 Å². The minimum atomic E-state index is -0.241. The summed E-state index contributed by atoms with van der Waals surface area (Å²) in [6.45, 7) is 3.94. The molecule has 0 spiro atoms. The van der Waals surface area contributed by atoms with Crippen LogP contribution >= 0.6 is 23.2 Å². The van der Waals surface area contributed by atoms with E-state index in [1.165, 1.54) is 12.1 Å². The van der Waals surface area contributed by atoms with E-state index < -0.39 is 0 Å². The third-order valence-corrected chi connectivity index (χ3v) is 3.97. The number of hydrogen-bond donors (Lipinski definition) is 2. The number of carbonyl (C=O) groups is 1. The van der Waals surface area contributed by atoms with Crippen LogP contribution in [0.4, 0.5) is 5.69 Å². The van der Waals surface area contributed by atoms with Crippen LogP contribution in [0.5, 0.6) is 0 Å². The third-order valence-electron chi connectivity index (χ3n) is 3.34. The maximum absolute atomic E-state index is 12.3. The summed E-state index contributed by atoms with van der Waals surface area (Å²) in [5, 5.41) is 3.48. The second kappa shape index (κ2) is 6.37. The van der Waals surface area contributed by atoms with Crippen molar-refractivity contribution in [2.75, 3.05) is 5.73 Å². The van der Waals surface area contributed by atoms with Crippen LogP contribution in [0.15, 0.2) is 36.4 Å². The lowest BCUT2D eigenvalue weighted by Gasteiger charge is -2.17. The minimum Gasteiger partial charge on any atom is -0.396 e. The average Bonchev–Trinajstić information content (AvgIpc) is 2.44. The molecule has 110 valence electrons. The number of nitrogen functional groups attached to an aromatic ring is 1. The lowest BCUT2D eigenvalue weighted by Crippen LogP contribution is -2.27. The van der Waals surface area contributed by atoms with Gasteiger partial charge in [0, 0.05) is 5.56 Å². The normalized spacial score (nSPS) is 12.0. The van der Waals surface area contributed by atoms with Gasteiger partial charge in [-0.1, -0.05) is 47.5 Å². The average molecular weight is 323 g/mol. The first kappa shape index (κ1) is 15.7. The molecule has 0 unspecified atom stereocenters. The van der Waals surface area contributed by atoms with Crippen LogP contribution in [-0.4, -0.2) is 5.91 Å². The molecule has 0 bridgehead atoms. The Labute approximate surface area is 134 Å². The molecule has 2 rings (SSSR count). The highest BCUT2D eigenvalue weighted by Crippen LogP contribution is 2.29. The third kappa shape index (κ3) is 3.49. The molecule has 0 saturated heterocycles. The molecule has 0 aliphatic rings. The van der Waals surface area contributed by atoms with Crippen LogP contribution in [-0.2, 0) is 0 Å². The summed E-state index contributed by atoms with van der Waals surface area (Å²) < 4.78 is 0. The molecule has 0 aromatic heterocycles. The van der Waals surface area contributed by atoms with Crippen molar-refractivity contribution in [2.24, 2.45) is 0 Å². The lowest BCUT2D eigenvalue weighted by molar-refractivity contribution is 0.0940. The van der Waals surface area contributed by atoms with E-state index in [0.29, 0.717) is 5.56 Å². The largest absolute Gasteiger partial charge is 0.396 e. The number of aryl methyl sites for hydroxylation is 1. The predicted molar refractivity (Wildman–Crippen MR) is 87.9 cm³/mol. The second-order valence-corrected chi connectivity index (χ2v) is 5.72. The van der Waals surface area contributed by atoms with Gasteiger partial charge >= 0.3 is 0 Å². The molecule has 21 heavy (non-hydrogen) atoms. The molecular weight excluding hydrogens is 307 g/mol. The van der Waals surface area contributed by atoms with Crippen molar-refractivity contribution in [3.05, 3.63) is 63.1 Å². The second-order valence-electron chi connectivity index (χ2n) is 4.91. The maximum Gasteiger partial charge on any atom is 0.251 e. The van der Waals surface area contributed by atoms with Crippen LogP contribution in [0.3, 0.4) is 0 Å². The topological polar surface area (TPSA) is 55.1 Å². The van der Waals surface area contributed by atoms with Gasteiger partial charge in [0.15, 0.2) is 0 Å².